The molecule has 2 aliphatic rings. The molecule has 2 fully saturated rings. The van der Waals surface area contributed by atoms with Crippen LogP contribution in [0.2, 0.25) is 0 Å². The lowest BCUT2D eigenvalue weighted by atomic mass is 9.95. The molecule has 11 heteroatoms. The van der Waals surface area contributed by atoms with Gasteiger partial charge in [0.05, 0.1) is 10.8 Å². The number of hydrogen-bond acceptors (Lipinski definition) is 7. The number of piperidine rings is 1. The molecule has 0 saturated carbocycles. The first-order valence-corrected chi connectivity index (χ1v) is 12.4. The van der Waals surface area contributed by atoms with Crippen molar-refractivity contribution < 1.29 is 32.4 Å². The summed E-state index contributed by atoms with van der Waals surface area (Å²) in [6.45, 7) is 5.83. The summed E-state index contributed by atoms with van der Waals surface area (Å²) in [5.41, 5.74) is 0.922. The molecule has 0 unspecified atom stereocenters. The van der Waals surface area contributed by atoms with Gasteiger partial charge in [0.1, 0.15) is 6.04 Å². The summed E-state index contributed by atoms with van der Waals surface area (Å²) in [5, 5.41) is 0.522. The van der Waals surface area contributed by atoms with Gasteiger partial charge in [-0.2, -0.15) is 4.72 Å². The third kappa shape index (κ3) is 5.77. The second kappa shape index (κ2) is 10.0. The van der Waals surface area contributed by atoms with Crippen LogP contribution in [0.15, 0.2) is 29.2 Å². The maximum Gasteiger partial charge on any atom is 0.336 e. The minimum Gasteiger partial charge on any atom is -0.341 e. The molecular formula is C22H29N3O7S. The fourth-order valence-electron chi connectivity index (χ4n) is 3.78. The number of hydroxylamine groups is 2. The van der Waals surface area contributed by atoms with Crippen LogP contribution in [0.4, 0.5) is 0 Å². The van der Waals surface area contributed by atoms with Crippen molar-refractivity contribution in [3.63, 3.8) is 0 Å². The number of imide groups is 1. The first-order chi connectivity index (χ1) is 15.5. The average Bonchev–Trinajstić information content (AvgIpc) is 3.09. The summed E-state index contributed by atoms with van der Waals surface area (Å²) in [4.78, 5) is 55.4. The van der Waals surface area contributed by atoms with E-state index in [-0.39, 0.29) is 55.5 Å². The van der Waals surface area contributed by atoms with E-state index in [0.29, 0.717) is 5.06 Å². The molecule has 2 heterocycles. The summed E-state index contributed by atoms with van der Waals surface area (Å²) < 4.78 is 28.1. The highest BCUT2D eigenvalue weighted by molar-refractivity contribution is 7.89. The topological polar surface area (TPSA) is 130 Å². The number of nitrogens with zero attached hydrogens (tertiary/aromatic N) is 2. The molecular weight excluding hydrogens is 450 g/mol. The molecule has 2 saturated heterocycles. The van der Waals surface area contributed by atoms with Crippen molar-refractivity contribution in [1.82, 2.24) is 14.7 Å². The summed E-state index contributed by atoms with van der Waals surface area (Å²) >= 11 is 0. The highest BCUT2D eigenvalue weighted by Gasteiger charge is 2.38. The van der Waals surface area contributed by atoms with Gasteiger partial charge in [-0.1, -0.05) is 31.5 Å². The first-order valence-electron chi connectivity index (χ1n) is 10.9. The van der Waals surface area contributed by atoms with Crippen LogP contribution < -0.4 is 4.72 Å². The zero-order valence-corrected chi connectivity index (χ0v) is 19.8. The van der Waals surface area contributed by atoms with Gasteiger partial charge in [0, 0.05) is 25.9 Å². The Bertz CT molecular complexity index is 1010. The first kappa shape index (κ1) is 24.8. The summed E-state index contributed by atoms with van der Waals surface area (Å²) in [6, 6.07) is 5.40. The second-order valence-electron chi connectivity index (χ2n) is 8.75. The van der Waals surface area contributed by atoms with Crippen molar-refractivity contribution in [2.75, 3.05) is 13.1 Å². The van der Waals surface area contributed by atoms with Crippen LogP contribution in [0.3, 0.4) is 0 Å². The molecule has 1 N–H and O–H groups in total. The molecule has 3 rings (SSSR count). The molecule has 0 spiro atoms. The van der Waals surface area contributed by atoms with Crippen LogP contribution in [0.5, 0.6) is 0 Å². The monoisotopic (exact) mass is 479 g/mol. The fourth-order valence-corrected chi connectivity index (χ4v) is 5.12. The zero-order chi connectivity index (χ0) is 24.3. The molecule has 0 aromatic heterocycles. The Balaban J connectivity index is 1.60. The number of hydrogen-bond donors (Lipinski definition) is 1. The largest absolute Gasteiger partial charge is 0.341 e. The molecule has 1 aromatic carbocycles. The molecule has 1 atom stereocenters. The van der Waals surface area contributed by atoms with Crippen LogP contribution >= 0.6 is 0 Å². The highest BCUT2D eigenvalue weighted by atomic mass is 32.2. The molecule has 180 valence electrons. The normalized spacial score (nSPS) is 18.7. The number of carbonyl (C=O) groups is 4. The van der Waals surface area contributed by atoms with Crippen LogP contribution in [0.25, 0.3) is 0 Å². The van der Waals surface area contributed by atoms with E-state index < -0.39 is 39.8 Å². The van der Waals surface area contributed by atoms with Gasteiger partial charge in [-0.15, -0.1) is 5.06 Å². The Morgan fingerprint density at radius 1 is 1.03 bits per heavy atom. The predicted octanol–water partition coefficient (Wildman–Crippen LogP) is 1.14. The molecule has 0 aliphatic carbocycles. The van der Waals surface area contributed by atoms with Gasteiger partial charge >= 0.3 is 5.97 Å². The van der Waals surface area contributed by atoms with E-state index in [0.717, 1.165) is 5.56 Å². The Morgan fingerprint density at radius 3 is 2.09 bits per heavy atom. The van der Waals surface area contributed by atoms with Crippen molar-refractivity contribution in [2.24, 2.45) is 11.8 Å². The van der Waals surface area contributed by atoms with Crippen LogP contribution in [0.1, 0.15) is 45.1 Å². The van der Waals surface area contributed by atoms with Crippen LogP contribution in [0, 0.1) is 18.8 Å². The van der Waals surface area contributed by atoms with Crippen molar-refractivity contribution in [1.29, 1.82) is 0 Å². The van der Waals surface area contributed by atoms with E-state index in [9.17, 15) is 27.6 Å². The number of nitrogens with one attached hydrogen (secondary N) is 1. The van der Waals surface area contributed by atoms with E-state index >= 15 is 0 Å². The van der Waals surface area contributed by atoms with E-state index in [2.05, 4.69) is 4.72 Å². The minimum atomic E-state index is -3.89. The lowest BCUT2D eigenvalue weighted by Gasteiger charge is -2.34. The van der Waals surface area contributed by atoms with Gasteiger partial charge in [-0.3, -0.25) is 14.4 Å². The predicted molar refractivity (Wildman–Crippen MR) is 117 cm³/mol. The Morgan fingerprint density at radius 2 is 1.58 bits per heavy atom. The molecule has 0 bridgehead atoms. The quantitative estimate of drug-likeness (QED) is 0.581. The minimum absolute atomic E-state index is 0.0220. The number of likely N-dealkylation sites (tertiary alicyclic amines) is 1. The molecule has 1 aromatic rings. The number of amides is 3. The van der Waals surface area contributed by atoms with Gasteiger partial charge in [0.25, 0.3) is 11.8 Å². The van der Waals surface area contributed by atoms with Crippen LogP contribution in [-0.4, -0.2) is 61.2 Å². The molecule has 0 radical (unpaired) electrons. The summed E-state index contributed by atoms with van der Waals surface area (Å²) in [5.74, 6) is -2.98. The van der Waals surface area contributed by atoms with Crippen molar-refractivity contribution in [3.8, 4) is 0 Å². The second-order valence-corrected chi connectivity index (χ2v) is 10.5. The maximum absolute atomic E-state index is 13.1. The van der Waals surface area contributed by atoms with Gasteiger partial charge in [0.15, 0.2) is 0 Å². The highest BCUT2D eigenvalue weighted by Crippen LogP contribution is 2.23. The standard InChI is InChI=1S/C22H29N3O7S/c1-14(2)20(23-33(30,31)17-6-4-15(3)5-7-17)21(28)24-12-10-16(11-13-24)22(29)32-25-18(26)8-9-19(25)27/h4-7,14,16,20,23H,8-13H2,1-3H3/t20-/m0/s1. The van der Waals surface area contributed by atoms with E-state index in [1.807, 2.05) is 6.92 Å². The molecule has 10 nitrogen and oxygen atoms in total. The number of carbonyl (C=O) groups excluding carboxylic acids is 4. The maximum atomic E-state index is 13.1. The van der Waals surface area contributed by atoms with Crippen LogP contribution in [-0.2, 0) is 34.0 Å². The third-order valence-electron chi connectivity index (χ3n) is 5.87. The Hall–Kier alpha value is -2.79. The van der Waals surface area contributed by atoms with E-state index in [1.54, 1.807) is 26.0 Å². The lowest BCUT2D eigenvalue weighted by molar-refractivity contribution is -0.201. The average molecular weight is 480 g/mol. The number of benzene rings is 1. The van der Waals surface area contributed by atoms with Gasteiger partial charge in [-0.05, 0) is 37.8 Å². The van der Waals surface area contributed by atoms with Crippen molar-refractivity contribution >= 4 is 33.7 Å². The van der Waals surface area contributed by atoms with Crippen molar-refractivity contribution in [3.05, 3.63) is 29.8 Å². The third-order valence-corrected chi connectivity index (χ3v) is 7.33. The van der Waals surface area contributed by atoms with Gasteiger partial charge in [-0.25, -0.2) is 13.2 Å². The van der Waals surface area contributed by atoms with Gasteiger partial charge < -0.3 is 9.74 Å². The Labute approximate surface area is 193 Å². The molecule has 2 aliphatic heterocycles. The SMILES string of the molecule is Cc1ccc(S(=O)(=O)N[C@H](C(=O)N2CCC(C(=O)ON3C(=O)CCC3=O)CC2)C(C)C)cc1. The zero-order valence-electron chi connectivity index (χ0n) is 18.9. The number of aryl methyl sites for hydroxylation is 1. The lowest BCUT2D eigenvalue weighted by Crippen LogP contribution is -2.53. The number of sulfonamides is 1. The van der Waals surface area contributed by atoms with E-state index in [1.165, 1.54) is 17.0 Å². The molecule has 3 amide bonds. The fraction of sp³-hybridized carbons (Fsp3) is 0.545. The summed E-state index contributed by atoms with van der Waals surface area (Å²) in [6.07, 6.45) is 0.620. The number of rotatable bonds is 7. The van der Waals surface area contributed by atoms with Gasteiger partial charge in [0.2, 0.25) is 15.9 Å². The Kier molecular flexibility index (Phi) is 7.53. The summed E-state index contributed by atoms with van der Waals surface area (Å²) in [7, 11) is -3.89. The van der Waals surface area contributed by atoms with Crippen molar-refractivity contribution in [2.45, 2.75) is 57.4 Å². The van der Waals surface area contributed by atoms with E-state index in [4.69, 9.17) is 4.84 Å². The smallest absolute Gasteiger partial charge is 0.336 e. The molecule has 33 heavy (non-hydrogen) atoms.